The van der Waals surface area contributed by atoms with Crippen LogP contribution in [0.4, 0.5) is 5.69 Å². The number of para-hydroxylation sites is 1. The lowest BCUT2D eigenvalue weighted by Crippen LogP contribution is -2.22. The van der Waals surface area contributed by atoms with E-state index in [0.717, 1.165) is 21.2 Å². The maximum absolute atomic E-state index is 12.4. The molecule has 0 aliphatic heterocycles. The van der Waals surface area contributed by atoms with Crippen LogP contribution in [0.3, 0.4) is 0 Å². The van der Waals surface area contributed by atoms with Crippen molar-refractivity contribution in [3.63, 3.8) is 0 Å². The molecule has 1 N–H and O–H groups in total. The number of benzene rings is 2. The van der Waals surface area contributed by atoms with E-state index in [1.165, 1.54) is 5.56 Å². The van der Waals surface area contributed by atoms with Crippen molar-refractivity contribution < 1.29 is 4.79 Å². The van der Waals surface area contributed by atoms with E-state index in [1.807, 2.05) is 31.2 Å². The Morgan fingerprint density at radius 2 is 1.82 bits per heavy atom. The van der Waals surface area contributed by atoms with E-state index in [0.29, 0.717) is 0 Å². The van der Waals surface area contributed by atoms with Crippen molar-refractivity contribution in [3.05, 3.63) is 54.1 Å². The number of hydrogen-bond acceptors (Lipinski definition) is 3. The van der Waals surface area contributed by atoms with E-state index in [9.17, 15) is 4.79 Å². The summed E-state index contributed by atoms with van der Waals surface area (Å²) in [5.41, 5.74) is 2.13. The van der Waals surface area contributed by atoms with Gasteiger partial charge in [0, 0.05) is 9.79 Å². The Morgan fingerprint density at radius 3 is 2.50 bits per heavy atom. The van der Waals surface area contributed by atoms with Crippen molar-refractivity contribution in [2.75, 3.05) is 11.1 Å². The molecule has 0 saturated heterocycles. The quantitative estimate of drug-likeness (QED) is 0.735. The second-order valence-electron chi connectivity index (χ2n) is 4.99. The number of hydrogen-bond donors (Lipinski definition) is 1. The summed E-state index contributed by atoms with van der Waals surface area (Å²) in [5.74, 6) is 1.02. The molecular weight excluding hydrogens is 310 g/mol. The summed E-state index contributed by atoms with van der Waals surface area (Å²) < 4.78 is 0. The number of carbonyl (C=O) groups is 1. The maximum Gasteiger partial charge on any atom is 0.237 e. The van der Waals surface area contributed by atoms with Gasteiger partial charge in [0.05, 0.1) is 10.9 Å². The molecule has 22 heavy (non-hydrogen) atoms. The van der Waals surface area contributed by atoms with Crippen LogP contribution in [0.1, 0.15) is 19.4 Å². The molecule has 0 heterocycles. The second kappa shape index (κ2) is 8.30. The van der Waals surface area contributed by atoms with Gasteiger partial charge < -0.3 is 5.32 Å². The predicted molar refractivity (Wildman–Crippen MR) is 98.0 cm³/mol. The number of rotatable bonds is 6. The zero-order chi connectivity index (χ0) is 15.9. The average molecular weight is 332 g/mol. The molecule has 2 aromatic carbocycles. The van der Waals surface area contributed by atoms with Gasteiger partial charge in [-0.15, -0.1) is 23.5 Å². The number of amides is 1. The molecule has 0 aliphatic rings. The van der Waals surface area contributed by atoms with Crippen LogP contribution in [0, 0.1) is 6.92 Å². The Hall–Kier alpha value is -1.39. The lowest BCUT2D eigenvalue weighted by Gasteiger charge is -2.14. The van der Waals surface area contributed by atoms with Crippen LogP contribution < -0.4 is 5.32 Å². The summed E-state index contributed by atoms with van der Waals surface area (Å²) in [6, 6.07) is 16.2. The van der Waals surface area contributed by atoms with Crippen LogP contribution in [0.5, 0.6) is 0 Å². The molecule has 0 aliphatic carbocycles. The summed E-state index contributed by atoms with van der Waals surface area (Å²) >= 11 is 3.32. The fourth-order valence-electron chi connectivity index (χ4n) is 1.96. The molecule has 2 nitrogen and oxygen atoms in total. The summed E-state index contributed by atoms with van der Waals surface area (Å²) in [6.07, 6.45) is 0. The minimum atomic E-state index is -0.137. The summed E-state index contributed by atoms with van der Waals surface area (Å²) in [5, 5.41) is 2.91. The first-order valence-corrected chi connectivity index (χ1v) is 9.22. The Balaban J connectivity index is 2.01. The lowest BCUT2D eigenvalue weighted by molar-refractivity contribution is -0.115. The molecule has 1 atom stereocenters. The molecule has 1 amide bonds. The minimum absolute atomic E-state index is 0.0368. The molecule has 2 rings (SSSR count). The first kappa shape index (κ1) is 17.0. The molecule has 0 radical (unpaired) electrons. The highest BCUT2D eigenvalue weighted by molar-refractivity contribution is 8.00. The van der Waals surface area contributed by atoms with Crippen LogP contribution in [-0.2, 0) is 4.79 Å². The van der Waals surface area contributed by atoms with Crippen LogP contribution >= 0.6 is 23.5 Å². The molecular formula is C18H21NOS2. The third-order valence-electron chi connectivity index (χ3n) is 3.15. The zero-order valence-electron chi connectivity index (χ0n) is 13.1. The van der Waals surface area contributed by atoms with Crippen molar-refractivity contribution in [2.24, 2.45) is 0 Å². The molecule has 0 spiro atoms. The van der Waals surface area contributed by atoms with Gasteiger partial charge in [0.15, 0.2) is 0 Å². The van der Waals surface area contributed by atoms with E-state index in [-0.39, 0.29) is 11.2 Å². The molecule has 4 heteroatoms. The van der Waals surface area contributed by atoms with Crippen molar-refractivity contribution in [1.29, 1.82) is 0 Å². The summed E-state index contributed by atoms with van der Waals surface area (Å²) in [7, 11) is 0. The topological polar surface area (TPSA) is 29.1 Å². The van der Waals surface area contributed by atoms with Gasteiger partial charge in [0.2, 0.25) is 5.91 Å². The third kappa shape index (κ3) is 4.82. The number of thioether (sulfide) groups is 2. The standard InChI is InChI=1S/C18H21NOS2/c1-4-21-17-8-6-5-7-16(17)19-18(20)14(3)22-15-11-9-13(2)10-12-15/h5-12,14H,4H2,1-3H3,(H,19,20)/t14-/m1/s1. The average Bonchev–Trinajstić information content (AvgIpc) is 2.51. The van der Waals surface area contributed by atoms with Gasteiger partial charge in [0.25, 0.3) is 0 Å². The highest BCUT2D eigenvalue weighted by atomic mass is 32.2. The van der Waals surface area contributed by atoms with Gasteiger partial charge in [0.1, 0.15) is 0 Å². The van der Waals surface area contributed by atoms with Crippen molar-refractivity contribution in [2.45, 2.75) is 35.8 Å². The van der Waals surface area contributed by atoms with Crippen LogP contribution in [0.15, 0.2) is 58.3 Å². The molecule has 0 fully saturated rings. The Bertz CT molecular complexity index is 625. The highest BCUT2D eigenvalue weighted by Gasteiger charge is 2.15. The number of aryl methyl sites for hydroxylation is 1. The smallest absolute Gasteiger partial charge is 0.237 e. The first-order chi connectivity index (χ1) is 10.6. The van der Waals surface area contributed by atoms with E-state index >= 15 is 0 Å². The second-order valence-corrected chi connectivity index (χ2v) is 7.71. The molecule has 2 aromatic rings. The first-order valence-electron chi connectivity index (χ1n) is 7.36. The van der Waals surface area contributed by atoms with Crippen LogP contribution in [0.2, 0.25) is 0 Å². The summed E-state index contributed by atoms with van der Waals surface area (Å²) in [6.45, 7) is 6.11. The van der Waals surface area contributed by atoms with Crippen molar-refractivity contribution in [3.8, 4) is 0 Å². The van der Waals surface area contributed by atoms with Gasteiger partial charge >= 0.3 is 0 Å². The van der Waals surface area contributed by atoms with Crippen LogP contribution in [0.25, 0.3) is 0 Å². The van der Waals surface area contributed by atoms with Gasteiger partial charge in [-0.2, -0.15) is 0 Å². The van der Waals surface area contributed by atoms with Gasteiger partial charge in [-0.25, -0.2) is 0 Å². The monoisotopic (exact) mass is 331 g/mol. The van der Waals surface area contributed by atoms with E-state index in [2.05, 4.69) is 43.4 Å². The maximum atomic E-state index is 12.4. The minimum Gasteiger partial charge on any atom is -0.324 e. The number of carbonyl (C=O) groups excluding carboxylic acids is 1. The largest absolute Gasteiger partial charge is 0.324 e. The SMILES string of the molecule is CCSc1ccccc1NC(=O)[C@@H](C)Sc1ccc(C)cc1. The molecule has 0 aromatic heterocycles. The zero-order valence-corrected chi connectivity index (χ0v) is 14.8. The molecule has 0 bridgehead atoms. The van der Waals surface area contributed by atoms with E-state index < -0.39 is 0 Å². The van der Waals surface area contributed by atoms with Gasteiger partial charge in [-0.3, -0.25) is 4.79 Å². The fourth-order valence-corrected chi connectivity index (χ4v) is 3.59. The number of nitrogens with one attached hydrogen (secondary N) is 1. The molecule has 116 valence electrons. The van der Waals surface area contributed by atoms with Gasteiger partial charge in [-0.1, -0.05) is 36.8 Å². The Morgan fingerprint density at radius 1 is 1.14 bits per heavy atom. The summed E-state index contributed by atoms with van der Waals surface area (Å²) in [4.78, 5) is 14.6. The van der Waals surface area contributed by atoms with E-state index in [4.69, 9.17) is 0 Å². The van der Waals surface area contributed by atoms with E-state index in [1.54, 1.807) is 23.5 Å². The Kier molecular flexibility index (Phi) is 6.40. The fraction of sp³-hybridized carbons (Fsp3) is 0.278. The van der Waals surface area contributed by atoms with Crippen molar-refractivity contribution >= 4 is 35.1 Å². The van der Waals surface area contributed by atoms with Crippen molar-refractivity contribution in [1.82, 2.24) is 0 Å². The van der Waals surface area contributed by atoms with Crippen LogP contribution in [-0.4, -0.2) is 16.9 Å². The molecule has 0 saturated carbocycles. The molecule has 0 unspecified atom stereocenters. The number of anilines is 1. The normalized spacial score (nSPS) is 12.0. The lowest BCUT2D eigenvalue weighted by atomic mass is 10.2. The highest BCUT2D eigenvalue weighted by Crippen LogP contribution is 2.28. The third-order valence-corrected chi connectivity index (χ3v) is 5.22. The van der Waals surface area contributed by atoms with Gasteiger partial charge in [-0.05, 0) is 43.9 Å². The Labute approximate surface area is 141 Å². The predicted octanol–water partition coefficient (Wildman–Crippen LogP) is 5.23.